The second-order valence-corrected chi connectivity index (χ2v) is 8.97. The Morgan fingerprint density at radius 2 is 1.70 bits per heavy atom. The molecule has 0 bridgehead atoms. The van der Waals surface area contributed by atoms with Gasteiger partial charge in [0.25, 0.3) is 0 Å². The van der Waals surface area contributed by atoms with Gasteiger partial charge in [0.05, 0.1) is 17.6 Å². The molecule has 0 saturated carbocycles. The highest BCUT2D eigenvalue weighted by Crippen LogP contribution is 2.34. The molecular formula is C28H29N3O2. The molecule has 0 N–H and O–H groups in total. The number of para-hydroxylation sites is 3. The van der Waals surface area contributed by atoms with Gasteiger partial charge in [-0.1, -0.05) is 36.4 Å². The van der Waals surface area contributed by atoms with Crippen molar-refractivity contribution in [2.24, 2.45) is 0 Å². The summed E-state index contributed by atoms with van der Waals surface area (Å²) >= 11 is 0. The van der Waals surface area contributed by atoms with Crippen molar-refractivity contribution in [3.63, 3.8) is 0 Å². The molecule has 168 valence electrons. The first-order valence-electron chi connectivity index (χ1n) is 11.5. The highest BCUT2D eigenvalue weighted by atomic mass is 16.5. The number of nitrogens with zero attached hydrogens (tertiary/aromatic N) is 3. The Balaban J connectivity index is 1.41. The van der Waals surface area contributed by atoms with Crippen LogP contribution in [0.1, 0.15) is 34.9 Å². The Kier molecular flexibility index (Phi) is 5.63. The van der Waals surface area contributed by atoms with Crippen molar-refractivity contribution in [1.29, 1.82) is 0 Å². The summed E-state index contributed by atoms with van der Waals surface area (Å²) in [4.78, 5) is 19.8. The molecule has 5 heteroatoms. The maximum absolute atomic E-state index is 13.0. The van der Waals surface area contributed by atoms with Crippen molar-refractivity contribution in [1.82, 2.24) is 9.55 Å². The van der Waals surface area contributed by atoms with E-state index in [0.29, 0.717) is 26.1 Å². The van der Waals surface area contributed by atoms with E-state index in [1.807, 2.05) is 41.3 Å². The quantitative estimate of drug-likeness (QED) is 0.395. The fourth-order valence-electron chi connectivity index (χ4n) is 4.89. The zero-order chi connectivity index (χ0) is 22.9. The number of benzene rings is 3. The number of carbonyl (C=O) groups is 1. The summed E-state index contributed by atoms with van der Waals surface area (Å²) in [7, 11) is 0. The van der Waals surface area contributed by atoms with E-state index < -0.39 is 0 Å². The van der Waals surface area contributed by atoms with E-state index in [1.54, 1.807) is 0 Å². The minimum atomic E-state index is 0.0470. The minimum Gasteiger partial charge on any atom is -0.492 e. The number of anilines is 1. The van der Waals surface area contributed by atoms with Crippen LogP contribution in [0.2, 0.25) is 0 Å². The maximum atomic E-state index is 13.0. The van der Waals surface area contributed by atoms with Crippen LogP contribution in [0.3, 0.4) is 0 Å². The van der Waals surface area contributed by atoms with Crippen LogP contribution in [0.4, 0.5) is 5.69 Å². The summed E-state index contributed by atoms with van der Waals surface area (Å²) in [5.74, 6) is 2.05. The highest BCUT2D eigenvalue weighted by Gasteiger charge is 2.35. The number of aryl methyl sites for hydroxylation is 3. The standard InChI is InChI=1S/C28H29N3O2/c1-19-14-20(2)16-23(15-19)33-13-12-30-26-11-7-5-9-24(26)29-28(30)22-17-27(32)31(18-22)25-10-6-4-8-21(25)3/h4-11,14-16,22H,12-13,17-18H2,1-3H3. The topological polar surface area (TPSA) is 47.4 Å². The van der Waals surface area contributed by atoms with Gasteiger partial charge in [-0.15, -0.1) is 0 Å². The highest BCUT2D eigenvalue weighted by molar-refractivity contribution is 5.97. The zero-order valence-corrected chi connectivity index (χ0v) is 19.4. The normalized spacial score (nSPS) is 16.0. The van der Waals surface area contributed by atoms with E-state index >= 15 is 0 Å². The SMILES string of the molecule is Cc1cc(C)cc(OCCn2c(C3CC(=O)N(c4ccccc4C)C3)nc3ccccc32)c1. The van der Waals surface area contributed by atoms with Gasteiger partial charge in [0.2, 0.25) is 5.91 Å². The molecule has 2 heterocycles. The summed E-state index contributed by atoms with van der Waals surface area (Å²) in [5, 5.41) is 0. The summed E-state index contributed by atoms with van der Waals surface area (Å²) in [6.07, 6.45) is 0.468. The van der Waals surface area contributed by atoms with Crippen LogP contribution in [0.25, 0.3) is 11.0 Å². The van der Waals surface area contributed by atoms with Crippen LogP contribution in [0.5, 0.6) is 5.75 Å². The molecule has 1 aliphatic rings. The molecule has 0 aliphatic carbocycles. The van der Waals surface area contributed by atoms with Gasteiger partial charge >= 0.3 is 0 Å². The van der Waals surface area contributed by atoms with Gasteiger partial charge in [-0.05, 0) is 67.8 Å². The second-order valence-electron chi connectivity index (χ2n) is 8.97. The molecule has 1 aliphatic heterocycles. The average Bonchev–Trinajstić information content (AvgIpc) is 3.34. The fourth-order valence-corrected chi connectivity index (χ4v) is 4.89. The van der Waals surface area contributed by atoms with Gasteiger partial charge in [0.15, 0.2) is 0 Å². The number of carbonyl (C=O) groups excluding carboxylic acids is 1. The molecule has 3 aromatic carbocycles. The van der Waals surface area contributed by atoms with Crippen LogP contribution >= 0.6 is 0 Å². The van der Waals surface area contributed by atoms with Gasteiger partial charge in [0.1, 0.15) is 18.2 Å². The van der Waals surface area contributed by atoms with Gasteiger partial charge in [0, 0.05) is 24.6 Å². The number of imidazole rings is 1. The summed E-state index contributed by atoms with van der Waals surface area (Å²) in [6.45, 7) is 8.08. The van der Waals surface area contributed by atoms with E-state index in [1.165, 1.54) is 11.1 Å². The number of hydrogen-bond donors (Lipinski definition) is 0. The van der Waals surface area contributed by atoms with Crippen molar-refractivity contribution >= 4 is 22.6 Å². The molecule has 1 saturated heterocycles. The molecule has 5 nitrogen and oxygen atoms in total. The van der Waals surface area contributed by atoms with Crippen molar-refractivity contribution in [3.8, 4) is 5.75 Å². The second kappa shape index (κ2) is 8.74. The largest absolute Gasteiger partial charge is 0.492 e. The molecular weight excluding hydrogens is 410 g/mol. The van der Waals surface area contributed by atoms with Crippen LogP contribution < -0.4 is 9.64 Å². The van der Waals surface area contributed by atoms with Crippen LogP contribution in [-0.2, 0) is 11.3 Å². The molecule has 1 aromatic heterocycles. The van der Waals surface area contributed by atoms with Gasteiger partial charge in [-0.25, -0.2) is 4.98 Å². The first-order chi connectivity index (χ1) is 16.0. The number of amides is 1. The summed E-state index contributed by atoms with van der Waals surface area (Å²) in [5.41, 5.74) is 6.53. The lowest BCUT2D eigenvalue weighted by Crippen LogP contribution is -2.25. The first kappa shape index (κ1) is 21.3. The lowest BCUT2D eigenvalue weighted by atomic mass is 10.1. The minimum absolute atomic E-state index is 0.0470. The molecule has 0 radical (unpaired) electrons. The van der Waals surface area contributed by atoms with E-state index in [0.717, 1.165) is 33.9 Å². The molecule has 0 spiro atoms. The third-order valence-corrected chi connectivity index (χ3v) is 6.36. The number of ether oxygens (including phenoxy) is 1. The van der Waals surface area contributed by atoms with Crippen LogP contribution in [0.15, 0.2) is 66.7 Å². The Morgan fingerprint density at radius 3 is 2.48 bits per heavy atom. The number of hydrogen-bond acceptors (Lipinski definition) is 3. The van der Waals surface area contributed by atoms with E-state index in [-0.39, 0.29) is 11.8 Å². The fraction of sp³-hybridized carbons (Fsp3) is 0.286. The molecule has 1 fully saturated rings. The van der Waals surface area contributed by atoms with Gasteiger partial charge in [-0.2, -0.15) is 0 Å². The van der Waals surface area contributed by atoms with Crippen molar-refractivity contribution in [2.75, 3.05) is 18.1 Å². The smallest absolute Gasteiger partial charge is 0.227 e. The van der Waals surface area contributed by atoms with Crippen LogP contribution in [-0.4, -0.2) is 28.6 Å². The molecule has 5 rings (SSSR count). The Hall–Kier alpha value is -3.60. The predicted molar refractivity (Wildman–Crippen MR) is 132 cm³/mol. The number of aromatic nitrogens is 2. The molecule has 33 heavy (non-hydrogen) atoms. The lowest BCUT2D eigenvalue weighted by Gasteiger charge is -2.19. The zero-order valence-electron chi connectivity index (χ0n) is 19.4. The Labute approximate surface area is 194 Å². The number of fused-ring (bicyclic) bond motifs is 1. The van der Waals surface area contributed by atoms with Crippen molar-refractivity contribution < 1.29 is 9.53 Å². The van der Waals surface area contributed by atoms with E-state index in [4.69, 9.17) is 9.72 Å². The third kappa shape index (κ3) is 4.23. The number of rotatable bonds is 6. The first-order valence-corrected chi connectivity index (χ1v) is 11.5. The molecule has 4 aromatic rings. The molecule has 1 amide bonds. The molecule has 1 unspecified atom stereocenters. The van der Waals surface area contributed by atoms with Crippen molar-refractivity contribution in [2.45, 2.75) is 39.7 Å². The Morgan fingerprint density at radius 1 is 0.970 bits per heavy atom. The van der Waals surface area contributed by atoms with E-state index in [2.05, 4.69) is 55.7 Å². The summed E-state index contributed by atoms with van der Waals surface area (Å²) in [6, 6.07) is 22.5. The third-order valence-electron chi connectivity index (χ3n) is 6.36. The van der Waals surface area contributed by atoms with E-state index in [9.17, 15) is 4.79 Å². The molecule has 1 atom stereocenters. The van der Waals surface area contributed by atoms with Gasteiger partial charge < -0.3 is 14.2 Å². The summed E-state index contributed by atoms with van der Waals surface area (Å²) < 4.78 is 8.34. The Bertz CT molecular complexity index is 1300. The van der Waals surface area contributed by atoms with Crippen molar-refractivity contribution in [3.05, 3.63) is 89.2 Å². The lowest BCUT2D eigenvalue weighted by molar-refractivity contribution is -0.117. The predicted octanol–water partition coefficient (Wildman–Crippen LogP) is 5.56. The van der Waals surface area contributed by atoms with Gasteiger partial charge in [-0.3, -0.25) is 4.79 Å². The monoisotopic (exact) mass is 439 g/mol. The van der Waals surface area contributed by atoms with Crippen LogP contribution in [0, 0.1) is 20.8 Å². The maximum Gasteiger partial charge on any atom is 0.227 e. The average molecular weight is 440 g/mol.